The molecular weight excluding hydrogens is 490 g/mol. The van der Waals surface area contributed by atoms with E-state index < -0.39 is 18.4 Å². The van der Waals surface area contributed by atoms with Gasteiger partial charge in [-0.15, -0.1) is 0 Å². The van der Waals surface area contributed by atoms with Crippen LogP contribution in [0.25, 0.3) is 16.7 Å². The molecule has 0 aliphatic rings. The SMILES string of the molecule is CCC(=O)c1ccc(-n2cnc3c(NCCC(F)(F)F)cc(Oc4ccc(OC)c(F)c4)cc32)cc1C. The number of rotatable bonds is 9. The van der Waals surface area contributed by atoms with E-state index in [1.54, 1.807) is 36.0 Å². The number of hydrogen-bond donors (Lipinski definition) is 1. The Bertz CT molecular complexity index is 1450. The molecule has 0 saturated heterocycles. The van der Waals surface area contributed by atoms with Crippen molar-refractivity contribution in [2.75, 3.05) is 19.0 Å². The zero-order chi connectivity index (χ0) is 26.7. The molecule has 3 aromatic carbocycles. The summed E-state index contributed by atoms with van der Waals surface area (Å²) in [6, 6.07) is 12.6. The van der Waals surface area contributed by atoms with Crippen molar-refractivity contribution in [1.82, 2.24) is 9.55 Å². The molecule has 0 spiro atoms. The fourth-order valence-corrected chi connectivity index (χ4v) is 3.98. The van der Waals surface area contributed by atoms with Gasteiger partial charge in [0.05, 0.1) is 24.7 Å². The molecule has 1 aromatic heterocycles. The lowest BCUT2D eigenvalue weighted by molar-refractivity contribution is -0.131. The second-order valence-corrected chi connectivity index (χ2v) is 8.42. The Labute approximate surface area is 210 Å². The number of ether oxygens (including phenoxy) is 2. The van der Waals surface area contributed by atoms with E-state index in [2.05, 4.69) is 10.3 Å². The van der Waals surface area contributed by atoms with Crippen LogP contribution < -0.4 is 14.8 Å². The van der Waals surface area contributed by atoms with Crippen LogP contribution in [0.15, 0.2) is 54.9 Å². The molecule has 0 aliphatic heterocycles. The maximum atomic E-state index is 14.2. The van der Waals surface area contributed by atoms with Gasteiger partial charge in [-0.25, -0.2) is 9.37 Å². The Kier molecular flexibility index (Phi) is 7.37. The summed E-state index contributed by atoms with van der Waals surface area (Å²) in [7, 11) is 1.35. The molecule has 4 aromatic rings. The molecule has 0 unspecified atom stereocenters. The molecule has 10 heteroatoms. The Morgan fingerprint density at radius 1 is 1.08 bits per heavy atom. The van der Waals surface area contributed by atoms with Crippen LogP contribution in [-0.2, 0) is 0 Å². The first-order valence-electron chi connectivity index (χ1n) is 11.6. The smallest absolute Gasteiger partial charge is 0.390 e. The van der Waals surface area contributed by atoms with Gasteiger partial charge < -0.3 is 14.8 Å². The molecule has 0 aliphatic carbocycles. The molecular formula is C27H25F4N3O3. The van der Waals surface area contributed by atoms with Gasteiger partial charge in [0.1, 0.15) is 23.3 Å². The number of anilines is 1. The molecule has 0 saturated carbocycles. The minimum atomic E-state index is -4.32. The van der Waals surface area contributed by atoms with Crippen molar-refractivity contribution in [3.63, 3.8) is 0 Å². The summed E-state index contributed by atoms with van der Waals surface area (Å²) in [5.74, 6) is -0.0910. The zero-order valence-corrected chi connectivity index (χ0v) is 20.4. The van der Waals surface area contributed by atoms with Gasteiger partial charge in [0.15, 0.2) is 17.3 Å². The van der Waals surface area contributed by atoms with E-state index in [1.807, 2.05) is 13.0 Å². The maximum Gasteiger partial charge on any atom is 0.390 e. The lowest BCUT2D eigenvalue weighted by atomic mass is 10.0. The predicted molar refractivity (Wildman–Crippen MR) is 133 cm³/mol. The zero-order valence-electron chi connectivity index (χ0n) is 20.4. The first kappa shape index (κ1) is 26.0. The number of carbonyl (C=O) groups is 1. The predicted octanol–water partition coefficient (Wildman–Crippen LogP) is 7.23. The molecule has 6 nitrogen and oxygen atoms in total. The van der Waals surface area contributed by atoms with Gasteiger partial charge in [0.25, 0.3) is 0 Å². The fraction of sp³-hybridized carbons (Fsp3) is 0.259. The summed E-state index contributed by atoms with van der Waals surface area (Å²) in [6.45, 7) is 3.27. The van der Waals surface area contributed by atoms with Crippen molar-refractivity contribution in [1.29, 1.82) is 0 Å². The number of fused-ring (bicyclic) bond motifs is 1. The number of aryl methyl sites for hydroxylation is 1. The third-order valence-electron chi connectivity index (χ3n) is 5.82. The van der Waals surface area contributed by atoms with Crippen LogP contribution in [0.2, 0.25) is 0 Å². The van der Waals surface area contributed by atoms with Gasteiger partial charge in [0.2, 0.25) is 0 Å². The van der Waals surface area contributed by atoms with E-state index in [0.29, 0.717) is 34.4 Å². The van der Waals surface area contributed by atoms with Gasteiger partial charge in [-0.2, -0.15) is 13.2 Å². The normalized spacial score (nSPS) is 11.5. The Morgan fingerprint density at radius 2 is 1.86 bits per heavy atom. The van der Waals surface area contributed by atoms with Crippen molar-refractivity contribution in [3.8, 4) is 22.9 Å². The summed E-state index contributed by atoms with van der Waals surface area (Å²) in [4.78, 5) is 16.6. The van der Waals surface area contributed by atoms with Crippen molar-refractivity contribution in [2.45, 2.75) is 32.9 Å². The number of nitrogens with zero attached hydrogens (tertiary/aromatic N) is 2. The second-order valence-electron chi connectivity index (χ2n) is 8.42. The van der Waals surface area contributed by atoms with Crippen LogP contribution in [0, 0.1) is 12.7 Å². The van der Waals surface area contributed by atoms with E-state index in [0.717, 1.165) is 11.6 Å². The summed E-state index contributed by atoms with van der Waals surface area (Å²) in [6.07, 6.45) is -3.42. The van der Waals surface area contributed by atoms with Gasteiger partial charge in [-0.05, 0) is 42.8 Å². The lowest BCUT2D eigenvalue weighted by Gasteiger charge is -2.14. The topological polar surface area (TPSA) is 65.4 Å². The fourth-order valence-electron chi connectivity index (χ4n) is 3.98. The Balaban J connectivity index is 1.76. The van der Waals surface area contributed by atoms with E-state index in [4.69, 9.17) is 9.47 Å². The number of hydrogen-bond acceptors (Lipinski definition) is 5. The monoisotopic (exact) mass is 515 g/mol. The number of Topliss-reactive ketones (excluding diaryl/α,β-unsaturated/α-hetero) is 1. The summed E-state index contributed by atoms with van der Waals surface area (Å²) >= 11 is 0. The molecule has 4 rings (SSSR count). The highest BCUT2D eigenvalue weighted by atomic mass is 19.4. The number of nitrogens with one attached hydrogen (secondary N) is 1. The van der Waals surface area contributed by atoms with E-state index in [-0.39, 0.29) is 29.6 Å². The third-order valence-corrected chi connectivity index (χ3v) is 5.82. The number of aromatic nitrogens is 2. The van der Waals surface area contributed by atoms with Crippen molar-refractivity contribution >= 4 is 22.5 Å². The van der Waals surface area contributed by atoms with E-state index in [9.17, 15) is 22.4 Å². The molecule has 1 heterocycles. The van der Waals surface area contributed by atoms with Crippen LogP contribution in [-0.4, -0.2) is 35.2 Å². The average molecular weight is 516 g/mol. The molecule has 0 atom stereocenters. The molecule has 0 amide bonds. The molecule has 0 radical (unpaired) electrons. The highest BCUT2D eigenvalue weighted by molar-refractivity contribution is 5.97. The van der Waals surface area contributed by atoms with Crippen LogP contribution >= 0.6 is 0 Å². The van der Waals surface area contributed by atoms with Crippen molar-refractivity contribution in [3.05, 3.63) is 71.8 Å². The quantitative estimate of drug-likeness (QED) is 0.188. The minimum absolute atomic E-state index is 0.0260. The summed E-state index contributed by atoms with van der Waals surface area (Å²) in [5.41, 5.74) is 3.43. The number of halogens is 4. The van der Waals surface area contributed by atoms with Crippen LogP contribution in [0.5, 0.6) is 17.2 Å². The molecule has 194 valence electrons. The summed E-state index contributed by atoms with van der Waals surface area (Å²) in [5, 5.41) is 2.79. The third kappa shape index (κ3) is 5.84. The highest BCUT2D eigenvalue weighted by Gasteiger charge is 2.26. The van der Waals surface area contributed by atoms with Gasteiger partial charge in [-0.3, -0.25) is 9.36 Å². The summed E-state index contributed by atoms with van der Waals surface area (Å²) < 4.78 is 65.0. The molecule has 37 heavy (non-hydrogen) atoms. The highest BCUT2D eigenvalue weighted by Crippen LogP contribution is 2.34. The lowest BCUT2D eigenvalue weighted by Crippen LogP contribution is -2.14. The molecule has 1 N–H and O–H groups in total. The van der Waals surface area contributed by atoms with Crippen molar-refractivity contribution < 1.29 is 31.8 Å². The number of alkyl halides is 3. The number of methoxy groups -OCH3 is 1. The minimum Gasteiger partial charge on any atom is -0.494 e. The van der Waals surface area contributed by atoms with Gasteiger partial charge in [0, 0.05) is 42.4 Å². The van der Waals surface area contributed by atoms with Crippen LogP contribution in [0.1, 0.15) is 35.7 Å². The number of carbonyl (C=O) groups excluding carboxylic acids is 1. The van der Waals surface area contributed by atoms with Crippen LogP contribution in [0.3, 0.4) is 0 Å². The second kappa shape index (κ2) is 10.5. The first-order chi connectivity index (χ1) is 17.6. The standard InChI is InChI=1S/C27H25F4N3O3/c1-4-24(35)20-7-5-17(11-16(20)2)34-15-33-26-22(32-10-9-27(29,30)31)13-19(14-23(26)34)37-18-6-8-25(36-3)21(28)12-18/h5-8,11-15,32H,4,9-10H2,1-3H3. The Morgan fingerprint density at radius 3 is 2.51 bits per heavy atom. The number of imidazole rings is 1. The van der Waals surface area contributed by atoms with Crippen LogP contribution in [0.4, 0.5) is 23.2 Å². The maximum absolute atomic E-state index is 14.2. The van der Waals surface area contributed by atoms with Gasteiger partial charge >= 0.3 is 6.18 Å². The number of ketones is 1. The molecule has 0 bridgehead atoms. The van der Waals surface area contributed by atoms with Crippen molar-refractivity contribution in [2.24, 2.45) is 0 Å². The van der Waals surface area contributed by atoms with Gasteiger partial charge in [-0.1, -0.05) is 6.92 Å². The van der Waals surface area contributed by atoms with E-state index >= 15 is 0 Å². The Hall–Kier alpha value is -4.08. The largest absolute Gasteiger partial charge is 0.494 e. The average Bonchev–Trinajstić information content (AvgIpc) is 3.27. The van der Waals surface area contributed by atoms with E-state index in [1.165, 1.54) is 25.3 Å². The molecule has 0 fully saturated rings. The number of benzene rings is 3. The first-order valence-corrected chi connectivity index (χ1v) is 11.6.